The van der Waals surface area contributed by atoms with Crippen LogP contribution in [0.5, 0.6) is 0 Å². The van der Waals surface area contributed by atoms with Crippen molar-refractivity contribution in [1.82, 2.24) is 0 Å². The smallest absolute Gasteiger partial charge is 0.195 e. The predicted octanol–water partition coefficient (Wildman–Crippen LogP) is 6.21. The summed E-state index contributed by atoms with van der Waals surface area (Å²) in [5.41, 5.74) is 0.721. The van der Waals surface area contributed by atoms with Gasteiger partial charge >= 0.3 is 0 Å². The van der Waals surface area contributed by atoms with Gasteiger partial charge in [0.15, 0.2) is 5.78 Å². The normalized spacial score (nSPS) is 11.2. The lowest BCUT2D eigenvalue weighted by atomic mass is 10.2. The van der Waals surface area contributed by atoms with E-state index >= 15 is 0 Å². The number of hydrogen-bond acceptors (Lipinski definition) is 3. The minimum Gasteiger partial charge on any atom is -0.457 e. The van der Waals surface area contributed by atoms with Gasteiger partial charge in [-0.25, -0.2) is 0 Å². The zero-order valence-electron chi connectivity index (χ0n) is 11.3. The molecule has 0 unspecified atom stereocenters. The van der Waals surface area contributed by atoms with Crippen LogP contribution in [0, 0.1) is 0 Å². The summed E-state index contributed by atoms with van der Waals surface area (Å²) in [5, 5.41) is 3.01. The van der Waals surface area contributed by atoms with Gasteiger partial charge in [-0.2, -0.15) is 0 Å². The molecule has 0 aliphatic heterocycles. The molecule has 0 radical (unpaired) electrons. The fourth-order valence-corrected chi connectivity index (χ4v) is 2.96. The van der Waals surface area contributed by atoms with Gasteiger partial charge in [0.1, 0.15) is 11.5 Å². The first-order valence-corrected chi connectivity index (χ1v) is 8.08. The van der Waals surface area contributed by atoms with Crippen LogP contribution in [0.2, 0.25) is 10.0 Å². The van der Waals surface area contributed by atoms with Crippen LogP contribution in [0.15, 0.2) is 58.3 Å². The largest absolute Gasteiger partial charge is 0.457 e. The highest BCUT2D eigenvalue weighted by molar-refractivity contribution is 7.12. The molecule has 3 rings (SSSR count). The molecule has 3 aromatic rings. The van der Waals surface area contributed by atoms with Gasteiger partial charge in [-0.1, -0.05) is 29.3 Å². The monoisotopic (exact) mass is 348 g/mol. The molecule has 0 bridgehead atoms. The summed E-state index contributed by atoms with van der Waals surface area (Å²) in [6.07, 6.45) is 3.14. The fraction of sp³-hybridized carbons (Fsp3) is 0. The molecule has 2 aromatic heterocycles. The minimum atomic E-state index is -0.0475. The van der Waals surface area contributed by atoms with E-state index in [0.29, 0.717) is 26.4 Å². The van der Waals surface area contributed by atoms with Crippen molar-refractivity contribution in [3.8, 4) is 11.3 Å². The number of thiophene rings is 1. The Labute approximate surface area is 141 Å². The highest BCUT2D eigenvalue weighted by Gasteiger charge is 2.09. The van der Waals surface area contributed by atoms with E-state index in [1.807, 2.05) is 11.4 Å². The van der Waals surface area contributed by atoms with Crippen LogP contribution in [-0.4, -0.2) is 5.78 Å². The highest BCUT2D eigenvalue weighted by atomic mass is 35.5. The van der Waals surface area contributed by atoms with Crippen LogP contribution >= 0.6 is 34.5 Å². The second-order valence-electron chi connectivity index (χ2n) is 4.50. The topological polar surface area (TPSA) is 30.2 Å². The summed E-state index contributed by atoms with van der Waals surface area (Å²) in [5.74, 6) is 1.14. The van der Waals surface area contributed by atoms with E-state index in [0.717, 1.165) is 5.56 Å². The Hall–Kier alpha value is -1.81. The maximum Gasteiger partial charge on any atom is 0.195 e. The van der Waals surface area contributed by atoms with Crippen molar-refractivity contribution in [1.29, 1.82) is 0 Å². The summed E-state index contributed by atoms with van der Waals surface area (Å²) >= 11 is 13.5. The predicted molar refractivity (Wildman–Crippen MR) is 91.8 cm³/mol. The van der Waals surface area contributed by atoms with Gasteiger partial charge in [-0.15, -0.1) is 11.3 Å². The second kappa shape index (κ2) is 6.53. The average molecular weight is 349 g/mol. The molecule has 0 saturated heterocycles. The van der Waals surface area contributed by atoms with E-state index in [4.69, 9.17) is 27.6 Å². The van der Waals surface area contributed by atoms with Gasteiger partial charge in [0.2, 0.25) is 0 Å². The molecule has 2 nitrogen and oxygen atoms in total. The standard InChI is InChI=1S/C17H10Cl2O2S/c18-11-3-6-14(19)13(10-11)16-8-5-12(21-16)4-7-15(20)17-2-1-9-22-17/h1-10H/b7-4-. The van der Waals surface area contributed by atoms with Gasteiger partial charge in [0.05, 0.1) is 9.90 Å². The average Bonchev–Trinajstić information content (AvgIpc) is 3.18. The van der Waals surface area contributed by atoms with Crippen molar-refractivity contribution in [2.75, 3.05) is 0 Å². The van der Waals surface area contributed by atoms with E-state index in [9.17, 15) is 4.79 Å². The summed E-state index contributed by atoms with van der Waals surface area (Å²) in [7, 11) is 0. The van der Waals surface area contributed by atoms with Crippen molar-refractivity contribution in [3.63, 3.8) is 0 Å². The van der Waals surface area contributed by atoms with Crippen molar-refractivity contribution in [3.05, 3.63) is 74.6 Å². The molecule has 0 aliphatic carbocycles. The number of carbonyl (C=O) groups is 1. The maximum atomic E-state index is 11.9. The van der Waals surface area contributed by atoms with Gasteiger partial charge < -0.3 is 4.42 Å². The lowest BCUT2D eigenvalue weighted by Gasteiger charge is -2.00. The van der Waals surface area contributed by atoms with E-state index in [-0.39, 0.29) is 5.78 Å². The quantitative estimate of drug-likeness (QED) is 0.414. The maximum absolute atomic E-state index is 11.9. The first-order valence-electron chi connectivity index (χ1n) is 6.44. The number of carbonyl (C=O) groups excluding carboxylic acids is 1. The minimum absolute atomic E-state index is 0.0475. The van der Waals surface area contributed by atoms with Crippen molar-refractivity contribution in [2.45, 2.75) is 0 Å². The Bertz CT molecular complexity index is 832. The van der Waals surface area contributed by atoms with Gasteiger partial charge in [0, 0.05) is 10.6 Å². The zero-order valence-corrected chi connectivity index (χ0v) is 13.6. The fourth-order valence-electron chi connectivity index (χ4n) is 1.93. The van der Waals surface area contributed by atoms with Crippen molar-refractivity contribution < 1.29 is 9.21 Å². The van der Waals surface area contributed by atoms with Crippen molar-refractivity contribution in [2.24, 2.45) is 0 Å². The molecule has 2 heterocycles. The van der Waals surface area contributed by atoms with Gasteiger partial charge in [-0.05, 0) is 53.9 Å². The van der Waals surface area contributed by atoms with Crippen LogP contribution in [0.3, 0.4) is 0 Å². The SMILES string of the molecule is O=C(/C=C\c1ccc(-c2cc(Cl)ccc2Cl)o1)c1cccs1. The first-order chi connectivity index (χ1) is 10.6. The van der Waals surface area contributed by atoms with Crippen LogP contribution in [0.4, 0.5) is 0 Å². The summed E-state index contributed by atoms with van der Waals surface area (Å²) in [4.78, 5) is 12.6. The van der Waals surface area contributed by atoms with Gasteiger partial charge in [-0.3, -0.25) is 4.79 Å². The van der Waals surface area contributed by atoms with Gasteiger partial charge in [0.25, 0.3) is 0 Å². The molecule has 0 atom stereocenters. The third-order valence-electron chi connectivity index (χ3n) is 2.98. The van der Waals surface area contributed by atoms with E-state index in [2.05, 4.69) is 0 Å². The molecule has 0 amide bonds. The molecular formula is C17H10Cl2O2S. The van der Waals surface area contributed by atoms with Crippen LogP contribution in [-0.2, 0) is 0 Å². The second-order valence-corrected chi connectivity index (χ2v) is 6.29. The summed E-state index contributed by atoms with van der Waals surface area (Å²) in [6, 6.07) is 12.4. The van der Waals surface area contributed by atoms with E-state index < -0.39 is 0 Å². The molecule has 110 valence electrons. The number of furan rings is 1. The Balaban J connectivity index is 1.82. The lowest BCUT2D eigenvalue weighted by Crippen LogP contribution is -1.88. The molecule has 5 heteroatoms. The third kappa shape index (κ3) is 3.33. The first kappa shape index (κ1) is 15.1. The third-order valence-corrected chi connectivity index (χ3v) is 4.43. The van der Waals surface area contributed by atoms with Crippen LogP contribution in [0.1, 0.15) is 15.4 Å². The highest BCUT2D eigenvalue weighted by Crippen LogP contribution is 2.32. The van der Waals surface area contributed by atoms with Crippen LogP contribution in [0.25, 0.3) is 17.4 Å². The Morgan fingerprint density at radius 2 is 2.00 bits per heavy atom. The Kier molecular flexibility index (Phi) is 4.48. The molecule has 1 aromatic carbocycles. The Morgan fingerprint density at radius 1 is 1.14 bits per heavy atom. The molecule has 0 N–H and O–H groups in total. The number of ketones is 1. The zero-order chi connectivity index (χ0) is 15.5. The summed E-state index contributed by atoms with van der Waals surface area (Å²) in [6.45, 7) is 0. The molecular weight excluding hydrogens is 339 g/mol. The lowest BCUT2D eigenvalue weighted by molar-refractivity contribution is 0.105. The van der Waals surface area contributed by atoms with Crippen LogP contribution < -0.4 is 0 Å². The van der Waals surface area contributed by atoms with E-state index in [1.54, 1.807) is 42.5 Å². The number of rotatable bonds is 4. The van der Waals surface area contributed by atoms with Crippen molar-refractivity contribution >= 4 is 46.4 Å². The Morgan fingerprint density at radius 3 is 2.77 bits per heavy atom. The molecule has 0 saturated carbocycles. The molecule has 0 spiro atoms. The number of benzene rings is 1. The molecule has 0 fully saturated rings. The molecule has 22 heavy (non-hydrogen) atoms. The number of halogens is 2. The van der Waals surface area contributed by atoms with E-state index in [1.165, 1.54) is 17.4 Å². The summed E-state index contributed by atoms with van der Waals surface area (Å²) < 4.78 is 5.69. The number of allylic oxidation sites excluding steroid dienone is 1. The molecule has 0 aliphatic rings. The number of hydrogen-bond donors (Lipinski definition) is 0.